The molecule has 2 aromatic rings. The highest BCUT2D eigenvalue weighted by molar-refractivity contribution is 6.05. The van der Waals surface area contributed by atoms with Crippen LogP contribution >= 0.6 is 0 Å². The van der Waals surface area contributed by atoms with Crippen LogP contribution in [0.25, 0.3) is 0 Å². The molecule has 1 atom stereocenters. The molecule has 3 rings (SSSR count). The smallest absolute Gasteiger partial charge is 0.257 e. The third-order valence-electron chi connectivity index (χ3n) is 5.32. The Kier molecular flexibility index (Phi) is 6.88. The minimum absolute atomic E-state index is 0.00466. The van der Waals surface area contributed by atoms with E-state index in [0.717, 1.165) is 35.7 Å². The largest absolute Gasteiger partial charge is 0.497 e. The average Bonchev–Trinajstić information content (AvgIpc) is 3.22. The van der Waals surface area contributed by atoms with Gasteiger partial charge in [-0.25, -0.2) is 5.01 Å². The zero-order valence-corrected chi connectivity index (χ0v) is 17.6. The first-order valence-corrected chi connectivity index (χ1v) is 10.00. The number of methoxy groups -OCH3 is 2. The lowest BCUT2D eigenvalue weighted by molar-refractivity contribution is -0.134. The van der Waals surface area contributed by atoms with Crippen LogP contribution in [0, 0.1) is 0 Å². The topological polar surface area (TPSA) is 54.4 Å². The van der Waals surface area contributed by atoms with Gasteiger partial charge in [-0.15, -0.1) is 0 Å². The van der Waals surface area contributed by atoms with Crippen LogP contribution in [-0.2, 0) is 4.79 Å². The van der Waals surface area contributed by atoms with E-state index in [0.29, 0.717) is 18.7 Å². The van der Waals surface area contributed by atoms with Gasteiger partial charge in [-0.2, -0.15) is 5.10 Å². The second kappa shape index (κ2) is 9.56. The second-order valence-electron chi connectivity index (χ2n) is 6.94. The molecule has 0 bridgehead atoms. The monoisotopic (exact) mass is 395 g/mol. The van der Waals surface area contributed by atoms with Crippen molar-refractivity contribution in [3.63, 3.8) is 0 Å². The Morgan fingerprint density at radius 1 is 1.10 bits per heavy atom. The molecule has 0 N–H and O–H groups in total. The van der Waals surface area contributed by atoms with Crippen LogP contribution in [0.4, 0.5) is 0 Å². The summed E-state index contributed by atoms with van der Waals surface area (Å²) < 4.78 is 10.9. The van der Waals surface area contributed by atoms with E-state index in [-0.39, 0.29) is 11.9 Å². The molecule has 0 spiro atoms. The third kappa shape index (κ3) is 4.59. The van der Waals surface area contributed by atoms with Gasteiger partial charge < -0.3 is 9.47 Å². The summed E-state index contributed by atoms with van der Waals surface area (Å²) in [7, 11) is 3.26. The first-order chi connectivity index (χ1) is 14.1. The van der Waals surface area contributed by atoms with E-state index in [2.05, 4.69) is 18.7 Å². The fourth-order valence-corrected chi connectivity index (χ4v) is 3.59. The van der Waals surface area contributed by atoms with Crippen molar-refractivity contribution in [2.75, 3.05) is 33.9 Å². The average molecular weight is 396 g/mol. The Bertz CT molecular complexity index is 863. The van der Waals surface area contributed by atoms with Crippen LogP contribution < -0.4 is 9.47 Å². The molecule has 0 aliphatic carbocycles. The molecular weight excluding hydrogens is 366 g/mol. The molecule has 154 valence electrons. The van der Waals surface area contributed by atoms with Gasteiger partial charge >= 0.3 is 0 Å². The minimum atomic E-state index is -0.124. The number of carbonyl (C=O) groups excluding carboxylic acids is 1. The van der Waals surface area contributed by atoms with E-state index in [9.17, 15) is 4.79 Å². The molecule has 0 fully saturated rings. The number of hydrogen-bond acceptors (Lipinski definition) is 5. The van der Waals surface area contributed by atoms with Crippen molar-refractivity contribution in [1.29, 1.82) is 0 Å². The van der Waals surface area contributed by atoms with E-state index >= 15 is 0 Å². The third-order valence-corrected chi connectivity index (χ3v) is 5.32. The lowest BCUT2D eigenvalue weighted by Gasteiger charge is -2.25. The van der Waals surface area contributed by atoms with Crippen LogP contribution in [0.15, 0.2) is 53.6 Å². The van der Waals surface area contributed by atoms with E-state index < -0.39 is 0 Å². The second-order valence-corrected chi connectivity index (χ2v) is 6.94. The Morgan fingerprint density at radius 3 is 2.45 bits per heavy atom. The van der Waals surface area contributed by atoms with Gasteiger partial charge in [0, 0.05) is 18.1 Å². The van der Waals surface area contributed by atoms with Crippen molar-refractivity contribution in [2.45, 2.75) is 26.3 Å². The van der Waals surface area contributed by atoms with E-state index in [1.807, 2.05) is 48.5 Å². The number of ether oxygens (including phenoxy) is 2. The molecule has 0 radical (unpaired) electrons. The number of likely N-dealkylation sites (N-methyl/N-ethyl adjacent to an activating group) is 1. The standard InChI is InChI=1S/C23H29N3O3/c1-5-25(6-2)16-23(27)26-21(17-10-8-7-9-11-17)15-20(24-26)19-13-12-18(28-3)14-22(19)29-4/h7-14,21H,5-6,15-16H2,1-4H3. The number of nitrogens with zero attached hydrogens (tertiary/aromatic N) is 3. The summed E-state index contributed by atoms with van der Waals surface area (Å²) in [4.78, 5) is 15.2. The van der Waals surface area contributed by atoms with Gasteiger partial charge in [0.1, 0.15) is 11.5 Å². The SMILES string of the molecule is CCN(CC)CC(=O)N1N=C(c2ccc(OC)cc2OC)CC1c1ccccc1. The number of rotatable bonds is 8. The van der Waals surface area contributed by atoms with Crippen LogP contribution in [0.2, 0.25) is 0 Å². The van der Waals surface area contributed by atoms with E-state index in [4.69, 9.17) is 14.6 Å². The zero-order valence-electron chi connectivity index (χ0n) is 17.6. The molecule has 2 aromatic carbocycles. The quantitative estimate of drug-likeness (QED) is 0.684. The Morgan fingerprint density at radius 2 is 1.83 bits per heavy atom. The number of hydrazone groups is 1. The molecule has 0 aromatic heterocycles. The summed E-state index contributed by atoms with van der Waals surface area (Å²) in [6.45, 7) is 6.13. The fraction of sp³-hybridized carbons (Fsp3) is 0.391. The van der Waals surface area contributed by atoms with Crippen LogP contribution in [0.1, 0.15) is 37.4 Å². The van der Waals surface area contributed by atoms with E-state index in [1.165, 1.54) is 0 Å². The molecule has 1 aliphatic heterocycles. The van der Waals surface area contributed by atoms with Crippen LogP contribution in [0.3, 0.4) is 0 Å². The number of benzene rings is 2. The summed E-state index contributed by atoms with van der Waals surface area (Å²) >= 11 is 0. The molecular formula is C23H29N3O3. The van der Waals surface area contributed by atoms with Gasteiger partial charge in [0.05, 0.1) is 32.5 Å². The lowest BCUT2D eigenvalue weighted by Crippen LogP contribution is -2.38. The maximum atomic E-state index is 13.1. The normalized spacial score (nSPS) is 16.1. The molecule has 0 saturated heterocycles. The fourth-order valence-electron chi connectivity index (χ4n) is 3.59. The lowest BCUT2D eigenvalue weighted by atomic mass is 9.98. The van der Waals surface area contributed by atoms with Gasteiger partial charge in [-0.1, -0.05) is 44.2 Å². The zero-order chi connectivity index (χ0) is 20.8. The molecule has 0 saturated carbocycles. The molecule has 29 heavy (non-hydrogen) atoms. The Hall–Kier alpha value is -2.86. The predicted molar refractivity (Wildman–Crippen MR) is 115 cm³/mol. The van der Waals surface area contributed by atoms with Gasteiger partial charge in [0.2, 0.25) is 0 Å². The highest BCUT2D eigenvalue weighted by Crippen LogP contribution is 2.36. The van der Waals surface area contributed by atoms with Crippen LogP contribution in [-0.4, -0.2) is 55.4 Å². The summed E-state index contributed by atoms with van der Waals surface area (Å²) in [5.41, 5.74) is 2.80. The van der Waals surface area contributed by atoms with Gasteiger partial charge in [-0.05, 0) is 30.8 Å². The number of carbonyl (C=O) groups is 1. The van der Waals surface area contributed by atoms with Crippen molar-refractivity contribution in [3.8, 4) is 11.5 Å². The number of amides is 1. The van der Waals surface area contributed by atoms with Gasteiger partial charge in [-0.3, -0.25) is 9.69 Å². The highest BCUT2D eigenvalue weighted by atomic mass is 16.5. The predicted octanol–water partition coefficient (Wildman–Crippen LogP) is 3.72. The summed E-state index contributed by atoms with van der Waals surface area (Å²) in [6, 6.07) is 15.6. The van der Waals surface area contributed by atoms with Crippen LogP contribution in [0.5, 0.6) is 11.5 Å². The minimum Gasteiger partial charge on any atom is -0.497 e. The first-order valence-electron chi connectivity index (χ1n) is 10.00. The Balaban J connectivity index is 1.96. The van der Waals surface area contributed by atoms with Crippen molar-refractivity contribution in [3.05, 3.63) is 59.7 Å². The Labute approximate surface area is 172 Å². The maximum Gasteiger partial charge on any atom is 0.257 e. The molecule has 1 unspecified atom stereocenters. The molecule has 6 nitrogen and oxygen atoms in total. The molecule has 6 heteroatoms. The molecule has 1 amide bonds. The van der Waals surface area contributed by atoms with Crippen molar-refractivity contribution in [2.24, 2.45) is 5.10 Å². The van der Waals surface area contributed by atoms with Crippen molar-refractivity contribution >= 4 is 11.6 Å². The molecule has 1 aliphatic rings. The van der Waals surface area contributed by atoms with Crippen molar-refractivity contribution in [1.82, 2.24) is 9.91 Å². The highest BCUT2D eigenvalue weighted by Gasteiger charge is 2.34. The summed E-state index contributed by atoms with van der Waals surface area (Å²) in [6.07, 6.45) is 0.636. The maximum absolute atomic E-state index is 13.1. The van der Waals surface area contributed by atoms with Gasteiger partial charge in [0.25, 0.3) is 5.91 Å². The summed E-state index contributed by atoms with van der Waals surface area (Å²) in [5, 5.41) is 6.40. The van der Waals surface area contributed by atoms with E-state index in [1.54, 1.807) is 19.2 Å². The summed E-state index contributed by atoms with van der Waals surface area (Å²) in [5.74, 6) is 1.41. The first kappa shape index (κ1) is 20.9. The molecule has 1 heterocycles. The van der Waals surface area contributed by atoms with Crippen molar-refractivity contribution < 1.29 is 14.3 Å². The van der Waals surface area contributed by atoms with Gasteiger partial charge in [0.15, 0.2) is 0 Å². The number of hydrogen-bond donors (Lipinski definition) is 0.